The number of carbonyl (C=O) groups is 2. The molecule has 1 fully saturated rings. The van der Waals surface area contributed by atoms with E-state index in [4.69, 9.17) is 38.0 Å². The van der Waals surface area contributed by atoms with Crippen LogP contribution in [-0.4, -0.2) is 67.6 Å². The monoisotopic (exact) mass is 709 g/mol. The summed E-state index contributed by atoms with van der Waals surface area (Å²) in [7, 11) is 1.59. The summed E-state index contributed by atoms with van der Waals surface area (Å²) in [6, 6.07) is 19.1. The van der Waals surface area contributed by atoms with Gasteiger partial charge in [0.15, 0.2) is 5.65 Å². The number of carbonyl (C=O) groups excluding carboxylic acids is 2. The van der Waals surface area contributed by atoms with Crippen molar-refractivity contribution >= 4 is 40.7 Å². The van der Waals surface area contributed by atoms with E-state index < -0.39 is 0 Å². The number of H-pyrrole nitrogens is 1. The lowest BCUT2D eigenvalue weighted by Gasteiger charge is -2.15. The van der Waals surface area contributed by atoms with Crippen LogP contribution in [0.1, 0.15) is 34.6 Å². The topological polar surface area (TPSA) is 151 Å². The third-order valence-electron chi connectivity index (χ3n) is 8.55. The first-order valence-electron chi connectivity index (χ1n) is 16.1. The summed E-state index contributed by atoms with van der Waals surface area (Å²) in [5.74, 6) is 0.290. The highest BCUT2D eigenvalue weighted by Gasteiger charge is 2.21. The van der Waals surface area contributed by atoms with E-state index in [1.165, 1.54) is 0 Å². The number of pyridine rings is 1. The molecule has 5 heterocycles. The van der Waals surface area contributed by atoms with Gasteiger partial charge in [0, 0.05) is 78.2 Å². The van der Waals surface area contributed by atoms with Crippen LogP contribution in [-0.2, 0) is 17.8 Å². The molecule has 1 aliphatic heterocycles. The number of fused-ring (bicyclic) bond motifs is 1. The highest BCUT2D eigenvalue weighted by atomic mass is 35.5. The molecular formula is C36H33Cl2N9O3. The highest BCUT2D eigenvalue weighted by Crippen LogP contribution is 2.42. The van der Waals surface area contributed by atoms with E-state index >= 15 is 0 Å². The number of halogens is 2. The number of aromatic nitrogens is 6. The van der Waals surface area contributed by atoms with Crippen molar-refractivity contribution in [3.8, 4) is 39.5 Å². The van der Waals surface area contributed by atoms with Crippen molar-refractivity contribution in [2.45, 2.75) is 31.8 Å². The Kier molecular flexibility index (Phi) is 9.74. The van der Waals surface area contributed by atoms with E-state index in [0.29, 0.717) is 71.0 Å². The van der Waals surface area contributed by atoms with Crippen LogP contribution in [0.4, 0.5) is 0 Å². The Bertz CT molecular complexity index is 2190. The van der Waals surface area contributed by atoms with Gasteiger partial charge in [-0.1, -0.05) is 65.7 Å². The molecule has 2 amide bonds. The number of hydrogen-bond acceptors (Lipinski definition) is 8. The first-order chi connectivity index (χ1) is 24.4. The summed E-state index contributed by atoms with van der Waals surface area (Å²) in [4.78, 5) is 40.5. The zero-order valence-corrected chi connectivity index (χ0v) is 28.6. The van der Waals surface area contributed by atoms with Crippen LogP contribution in [0.2, 0.25) is 10.0 Å². The molecule has 6 aromatic rings. The van der Waals surface area contributed by atoms with Gasteiger partial charge in [-0.3, -0.25) is 9.59 Å². The first kappa shape index (κ1) is 33.2. The van der Waals surface area contributed by atoms with Gasteiger partial charge in [0.2, 0.25) is 11.8 Å². The number of imidazole rings is 2. The van der Waals surface area contributed by atoms with Gasteiger partial charge >= 0.3 is 0 Å². The van der Waals surface area contributed by atoms with Crippen LogP contribution in [0.15, 0.2) is 79.4 Å². The molecule has 14 heteroatoms. The Morgan fingerprint density at radius 2 is 1.72 bits per heavy atom. The number of aromatic amines is 1. The summed E-state index contributed by atoms with van der Waals surface area (Å²) < 4.78 is 7.21. The SMILES string of the molecule is COc1nc(-c2cccc(-c3cccc(-c4ccc5nc(C(=O)NCCc6cnc[nH]6)cn5n4)c3Cl)c2Cl)ccc1CNCC1CCC(=O)N1. The minimum atomic E-state index is -0.292. The molecule has 254 valence electrons. The van der Waals surface area contributed by atoms with Crippen molar-refractivity contribution in [2.75, 3.05) is 20.2 Å². The van der Waals surface area contributed by atoms with Crippen molar-refractivity contribution in [3.63, 3.8) is 0 Å². The second kappa shape index (κ2) is 14.7. The lowest BCUT2D eigenvalue weighted by molar-refractivity contribution is -0.119. The maximum atomic E-state index is 12.8. The van der Waals surface area contributed by atoms with Gasteiger partial charge in [0.25, 0.3) is 5.91 Å². The number of hydrogen-bond donors (Lipinski definition) is 4. The number of nitrogens with one attached hydrogen (secondary N) is 4. The highest BCUT2D eigenvalue weighted by molar-refractivity contribution is 6.39. The first-order valence-corrected chi connectivity index (χ1v) is 16.9. The third-order valence-corrected chi connectivity index (χ3v) is 9.36. The molecule has 0 radical (unpaired) electrons. The lowest BCUT2D eigenvalue weighted by atomic mass is 9.98. The molecule has 4 N–H and O–H groups in total. The van der Waals surface area contributed by atoms with Crippen molar-refractivity contribution in [1.82, 2.24) is 45.5 Å². The number of benzene rings is 2. The third kappa shape index (κ3) is 7.04. The maximum Gasteiger partial charge on any atom is 0.271 e. The van der Waals surface area contributed by atoms with Crippen LogP contribution in [0.25, 0.3) is 39.3 Å². The van der Waals surface area contributed by atoms with Crippen molar-refractivity contribution in [1.29, 1.82) is 0 Å². The molecule has 4 aromatic heterocycles. The Hall–Kier alpha value is -5.30. The van der Waals surface area contributed by atoms with E-state index in [0.717, 1.165) is 34.4 Å². The van der Waals surface area contributed by atoms with Crippen molar-refractivity contribution in [2.24, 2.45) is 0 Å². The molecule has 1 saturated heterocycles. The minimum absolute atomic E-state index is 0.0926. The second-order valence-electron chi connectivity index (χ2n) is 11.9. The van der Waals surface area contributed by atoms with Crippen LogP contribution in [0.5, 0.6) is 5.88 Å². The summed E-state index contributed by atoms with van der Waals surface area (Å²) in [5, 5.41) is 14.9. The van der Waals surface area contributed by atoms with E-state index in [-0.39, 0.29) is 23.6 Å². The van der Waals surface area contributed by atoms with Crippen LogP contribution in [0.3, 0.4) is 0 Å². The standard InChI is InChI=1S/C36H33Cl2N9O3/c1-50-36-21(16-39-18-23-9-13-32(48)43-23)8-10-28(45-36)26-6-2-4-24(33(26)37)25-5-3-7-27(34(25)38)29-11-12-31-44-30(19-47(31)46-29)35(49)41-15-14-22-17-40-20-42-22/h2-8,10-12,17,19-20,23,39H,9,13-16,18H2,1H3,(H,40,42)(H,41,49)(H,43,48). The number of amides is 2. The smallest absolute Gasteiger partial charge is 0.271 e. The van der Waals surface area contributed by atoms with Crippen LogP contribution < -0.4 is 20.7 Å². The molecule has 0 aliphatic carbocycles. The Morgan fingerprint density at radius 1 is 0.980 bits per heavy atom. The lowest BCUT2D eigenvalue weighted by Crippen LogP contribution is -2.35. The molecular weight excluding hydrogens is 677 g/mol. The average Bonchev–Trinajstić information content (AvgIpc) is 3.90. The average molecular weight is 711 g/mol. The molecule has 2 aromatic carbocycles. The fourth-order valence-corrected chi connectivity index (χ4v) is 6.62. The predicted octanol–water partition coefficient (Wildman–Crippen LogP) is 5.50. The molecule has 0 spiro atoms. The fraction of sp³-hybridized carbons (Fsp3) is 0.222. The number of methoxy groups -OCH3 is 1. The summed E-state index contributed by atoms with van der Waals surface area (Å²) in [6.45, 7) is 1.65. The Labute approximate surface area is 297 Å². The number of nitrogens with zero attached hydrogens (tertiary/aromatic N) is 5. The van der Waals surface area contributed by atoms with Crippen molar-refractivity contribution in [3.05, 3.63) is 106 Å². The summed E-state index contributed by atoms with van der Waals surface area (Å²) in [6.07, 6.45) is 6.95. The predicted molar refractivity (Wildman–Crippen MR) is 191 cm³/mol. The quantitative estimate of drug-likeness (QED) is 0.130. The summed E-state index contributed by atoms with van der Waals surface area (Å²) >= 11 is 14.1. The zero-order chi connectivity index (χ0) is 34.6. The van der Waals surface area contributed by atoms with Crippen LogP contribution >= 0.6 is 23.2 Å². The molecule has 50 heavy (non-hydrogen) atoms. The molecule has 1 unspecified atom stereocenters. The normalized spacial score (nSPS) is 14.2. The second-order valence-corrected chi connectivity index (χ2v) is 12.6. The van der Waals surface area contributed by atoms with Crippen LogP contribution in [0, 0.1) is 0 Å². The van der Waals surface area contributed by atoms with Gasteiger partial charge in [0.1, 0.15) is 5.69 Å². The largest absolute Gasteiger partial charge is 0.481 e. The van der Waals surface area contributed by atoms with E-state index in [1.54, 1.807) is 36.4 Å². The van der Waals surface area contributed by atoms with E-state index in [1.807, 2.05) is 54.6 Å². The maximum absolute atomic E-state index is 12.8. The van der Waals surface area contributed by atoms with Gasteiger partial charge in [-0.15, -0.1) is 0 Å². The summed E-state index contributed by atoms with van der Waals surface area (Å²) in [5.41, 5.74) is 6.76. The molecule has 0 saturated carbocycles. The van der Waals surface area contributed by atoms with Gasteiger partial charge in [0.05, 0.1) is 41.1 Å². The number of ether oxygens (including phenoxy) is 1. The van der Waals surface area contributed by atoms with Gasteiger partial charge < -0.3 is 25.7 Å². The van der Waals surface area contributed by atoms with Crippen molar-refractivity contribution < 1.29 is 14.3 Å². The Morgan fingerprint density at radius 3 is 2.42 bits per heavy atom. The molecule has 1 atom stereocenters. The fourth-order valence-electron chi connectivity index (χ4n) is 5.98. The molecule has 1 aliphatic rings. The van der Waals surface area contributed by atoms with E-state index in [9.17, 15) is 9.59 Å². The molecule has 7 rings (SSSR count). The number of rotatable bonds is 12. The van der Waals surface area contributed by atoms with Gasteiger partial charge in [-0.25, -0.2) is 19.5 Å². The Balaban J connectivity index is 1.10. The zero-order valence-electron chi connectivity index (χ0n) is 27.0. The van der Waals surface area contributed by atoms with E-state index in [2.05, 4.69) is 30.9 Å². The minimum Gasteiger partial charge on any atom is -0.481 e. The van der Waals surface area contributed by atoms with Gasteiger partial charge in [-0.2, -0.15) is 5.10 Å². The van der Waals surface area contributed by atoms with Gasteiger partial charge in [-0.05, 0) is 24.6 Å². The molecule has 12 nitrogen and oxygen atoms in total. The molecule has 0 bridgehead atoms.